The van der Waals surface area contributed by atoms with E-state index in [2.05, 4.69) is 13.0 Å². The Morgan fingerprint density at radius 2 is 2.10 bits per heavy atom. The zero-order valence-corrected chi connectivity index (χ0v) is 12.7. The Kier molecular flexibility index (Phi) is 5.21. The van der Waals surface area contributed by atoms with Crippen molar-refractivity contribution in [3.63, 3.8) is 0 Å². The summed E-state index contributed by atoms with van der Waals surface area (Å²) in [4.78, 5) is 14.4. The number of hydrogen-bond donors (Lipinski definition) is 0. The molecule has 1 aromatic carbocycles. The van der Waals surface area contributed by atoms with Crippen LogP contribution in [0.2, 0.25) is 0 Å². The summed E-state index contributed by atoms with van der Waals surface area (Å²) in [5, 5.41) is 8.77. The highest BCUT2D eigenvalue weighted by Crippen LogP contribution is 2.30. The molecular formula is C17H22N2O2. The Labute approximate surface area is 126 Å². The molecule has 0 aromatic heterocycles. The molecule has 1 aromatic rings. The van der Waals surface area contributed by atoms with Gasteiger partial charge in [0, 0.05) is 13.1 Å². The van der Waals surface area contributed by atoms with Crippen LogP contribution in [0.5, 0.6) is 5.75 Å². The van der Waals surface area contributed by atoms with E-state index in [0.717, 1.165) is 19.5 Å². The monoisotopic (exact) mass is 286 g/mol. The summed E-state index contributed by atoms with van der Waals surface area (Å²) < 4.78 is 5.70. The Morgan fingerprint density at radius 3 is 2.62 bits per heavy atom. The number of nitriles is 1. The molecule has 1 saturated carbocycles. The summed E-state index contributed by atoms with van der Waals surface area (Å²) >= 11 is 0. The fourth-order valence-electron chi connectivity index (χ4n) is 2.29. The van der Waals surface area contributed by atoms with Crippen molar-refractivity contribution < 1.29 is 9.53 Å². The zero-order chi connectivity index (χ0) is 15.2. The van der Waals surface area contributed by atoms with Gasteiger partial charge in [-0.05, 0) is 56.4 Å². The molecule has 1 unspecified atom stereocenters. The standard InChI is InChI=1S/C17H22N2O2/c1-3-10-19(12-15-4-5-15)17(20)13(2)21-16-8-6-14(11-18)7-9-16/h6-9,13,15H,3-5,10,12H2,1-2H3. The maximum atomic E-state index is 12.5. The molecule has 0 aliphatic heterocycles. The minimum Gasteiger partial charge on any atom is -0.481 e. The van der Waals surface area contributed by atoms with E-state index in [1.165, 1.54) is 12.8 Å². The second-order valence-corrected chi connectivity index (χ2v) is 5.62. The molecule has 1 atom stereocenters. The Hall–Kier alpha value is -2.02. The number of rotatable bonds is 7. The average Bonchev–Trinajstić information content (AvgIpc) is 3.31. The molecule has 0 bridgehead atoms. The minimum absolute atomic E-state index is 0.0492. The van der Waals surface area contributed by atoms with Gasteiger partial charge in [-0.15, -0.1) is 0 Å². The maximum Gasteiger partial charge on any atom is 0.263 e. The molecule has 0 N–H and O–H groups in total. The van der Waals surface area contributed by atoms with E-state index in [4.69, 9.17) is 10.00 Å². The summed E-state index contributed by atoms with van der Waals surface area (Å²) in [6, 6.07) is 8.91. The van der Waals surface area contributed by atoms with Crippen molar-refractivity contribution in [2.45, 2.75) is 39.2 Å². The predicted molar refractivity (Wildman–Crippen MR) is 80.8 cm³/mol. The van der Waals surface area contributed by atoms with Gasteiger partial charge in [0.25, 0.3) is 5.91 Å². The third-order valence-electron chi connectivity index (χ3n) is 3.62. The van der Waals surface area contributed by atoms with Crippen LogP contribution >= 0.6 is 0 Å². The van der Waals surface area contributed by atoms with Gasteiger partial charge in [-0.25, -0.2) is 0 Å². The zero-order valence-electron chi connectivity index (χ0n) is 12.7. The van der Waals surface area contributed by atoms with Crippen LogP contribution in [-0.4, -0.2) is 30.0 Å². The fraction of sp³-hybridized carbons (Fsp3) is 0.529. The van der Waals surface area contributed by atoms with Crippen molar-refractivity contribution in [1.29, 1.82) is 5.26 Å². The Balaban J connectivity index is 1.94. The van der Waals surface area contributed by atoms with Gasteiger partial charge in [-0.1, -0.05) is 6.92 Å². The molecule has 1 amide bonds. The topological polar surface area (TPSA) is 53.3 Å². The summed E-state index contributed by atoms with van der Waals surface area (Å²) in [5.74, 6) is 1.36. The Bertz CT molecular complexity index is 515. The number of benzene rings is 1. The quantitative estimate of drug-likeness (QED) is 0.774. The normalized spacial score (nSPS) is 15.1. The maximum absolute atomic E-state index is 12.5. The molecule has 4 nitrogen and oxygen atoms in total. The highest BCUT2D eigenvalue weighted by atomic mass is 16.5. The van der Waals surface area contributed by atoms with E-state index in [1.807, 2.05) is 4.90 Å². The summed E-state index contributed by atoms with van der Waals surface area (Å²) in [7, 11) is 0. The van der Waals surface area contributed by atoms with E-state index in [0.29, 0.717) is 17.2 Å². The predicted octanol–water partition coefficient (Wildman–Crippen LogP) is 2.97. The number of amides is 1. The first-order valence-electron chi connectivity index (χ1n) is 7.59. The van der Waals surface area contributed by atoms with E-state index >= 15 is 0 Å². The van der Waals surface area contributed by atoms with Gasteiger partial charge >= 0.3 is 0 Å². The molecule has 0 saturated heterocycles. The molecule has 0 radical (unpaired) electrons. The van der Waals surface area contributed by atoms with Gasteiger partial charge in [0.1, 0.15) is 5.75 Å². The SMILES string of the molecule is CCCN(CC1CC1)C(=O)C(C)Oc1ccc(C#N)cc1. The van der Waals surface area contributed by atoms with Crippen molar-refractivity contribution in [2.75, 3.05) is 13.1 Å². The van der Waals surface area contributed by atoms with Crippen LogP contribution in [0.15, 0.2) is 24.3 Å². The van der Waals surface area contributed by atoms with Gasteiger partial charge < -0.3 is 9.64 Å². The minimum atomic E-state index is -0.497. The van der Waals surface area contributed by atoms with E-state index in [9.17, 15) is 4.79 Å². The van der Waals surface area contributed by atoms with E-state index < -0.39 is 6.10 Å². The van der Waals surface area contributed by atoms with Crippen LogP contribution in [0.1, 0.15) is 38.7 Å². The average molecular weight is 286 g/mol. The molecular weight excluding hydrogens is 264 g/mol. The lowest BCUT2D eigenvalue weighted by atomic mass is 10.2. The first kappa shape index (κ1) is 15.4. The van der Waals surface area contributed by atoms with Crippen molar-refractivity contribution in [3.8, 4) is 11.8 Å². The van der Waals surface area contributed by atoms with Crippen molar-refractivity contribution in [2.24, 2.45) is 5.92 Å². The molecule has 0 heterocycles. The molecule has 4 heteroatoms. The molecule has 1 aliphatic carbocycles. The van der Waals surface area contributed by atoms with Crippen LogP contribution < -0.4 is 4.74 Å². The second-order valence-electron chi connectivity index (χ2n) is 5.62. The lowest BCUT2D eigenvalue weighted by Gasteiger charge is -2.25. The largest absolute Gasteiger partial charge is 0.481 e. The van der Waals surface area contributed by atoms with Crippen LogP contribution in [-0.2, 0) is 4.79 Å². The lowest BCUT2D eigenvalue weighted by molar-refractivity contribution is -0.138. The van der Waals surface area contributed by atoms with Crippen molar-refractivity contribution in [1.82, 2.24) is 4.90 Å². The van der Waals surface area contributed by atoms with Crippen LogP contribution in [0, 0.1) is 17.2 Å². The fourth-order valence-corrected chi connectivity index (χ4v) is 2.29. The number of nitrogens with zero attached hydrogens (tertiary/aromatic N) is 2. The molecule has 112 valence electrons. The highest BCUT2D eigenvalue weighted by Gasteiger charge is 2.29. The van der Waals surface area contributed by atoms with Crippen LogP contribution in [0.4, 0.5) is 0 Å². The first-order chi connectivity index (χ1) is 10.1. The van der Waals surface area contributed by atoms with E-state index in [1.54, 1.807) is 31.2 Å². The molecule has 1 aliphatic rings. The Morgan fingerprint density at radius 1 is 1.43 bits per heavy atom. The molecule has 0 spiro atoms. The molecule has 21 heavy (non-hydrogen) atoms. The third-order valence-corrected chi connectivity index (χ3v) is 3.62. The molecule has 1 fully saturated rings. The summed E-state index contributed by atoms with van der Waals surface area (Å²) in [6.45, 7) is 5.51. The van der Waals surface area contributed by atoms with Crippen molar-refractivity contribution in [3.05, 3.63) is 29.8 Å². The molecule has 2 rings (SSSR count). The van der Waals surface area contributed by atoms with Gasteiger partial charge in [0.05, 0.1) is 11.6 Å². The lowest BCUT2D eigenvalue weighted by Crippen LogP contribution is -2.42. The van der Waals surface area contributed by atoms with Crippen molar-refractivity contribution >= 4 is 5.91 Å². The number of ether oxygens (including phenoxy) is 1. The van der Waals surface area contributed by atoms with Gasteiger partial charge in [-0.2, -0.15) is 5.26 Å². The van der Waals surface area contributed by atoms with Crippen LogP contribution in [0.3, 0.4) is 0 Å². The number of carbonyl (C=O) groups excluding carboxylic acids is 1. The number of carbonyl (C=O) groups is 1. The van der Waals surface area contributed by atoms with Gasteiger partial charge in [-0.3, -0.25) is 4.79 Å². The third kappa shape index (κ3) is 4.49. The smallest absolute Gasteiger partial charge is 0.263 e. The second kappa shape index (κ2) is 7.12. The summed E-state index contributed by atoms with van der Waals surface area (Å²) in [6.07, 6.45) is 2.93. The summed E-state index contributed by atoms with van der Waals surface area (Å²) in [5.41, 5.74) is 0.586. The van der Waals surface area contributed by atoms with Crippen LogP contribution in [0.25, 0.3) is 0 Å². The highest BCUT2D eigenvalue weighted by molar-refractivity contribution is 5.81. The first-order valence-corrected chi connectivity index (χ1v) is 7.59. The van der Waals surface area contributed by atoms with E-state index in [-0.39, 0.29) is 5.91 Å². The van der Waals surface area contributed by atoms with Gasteiger partial charge in [0.15, 0.2) is 6.10 Å². The van der Waals surface area contributed by atoms with Gasteiger partial charge in [0.2, 0.25) is 0 Å². The number of hydrogen-bond acceptors (Lipinski definition) is 3.